The Balaban J connectivity index is 2.06. The molecular formula is C14H16N2O7S. The van der Waals surface area contributed by atoms with E-state index >= 15 is 0 Å². The Morgan fingerprint density at radius 2 is 2.12 bits per heavy atom. The van der Waals surface area contributed by atoms with Crippen LogP contribution in [0.2, 0.25) is 0 Å². The Hall–Kier alpha value is -2.33. The normalized spacial score (nSPS) is 19.8. The van der Waals surface area contributed by atoms with Gasteiger partial charge in [-0.2, -0.15) is 0 Å². The molecule has 1 aromatic heterocycles. The molecule has 2 rings (SSSR count). The van der Waals surface area contributed by atoms with Crippen molar-refractivity contribution in [2.75, 3.05) is 25.6 Å². The number of carbonyl (C=O) groups is 2. The minimum atomic E-state index is -1.25. The first kappa shape index (κ1) is 18.0. The van der Waals surface area contributed by atoms with Crippen LogP contribution in [0.4, 0.5) is 0 Å². The molecule has 9 nitrogen and oxygen atoms in total. The van der Waals surface area contributed by atoms with Crippen molar-refractivity contribution >= 4 is 28.7 Å². The number of thioether (sulfide) groups is 1. The molecule has 0 fully saturated rings. The van der Waals surface area contributed by atoms with Gasteiger partial charge < -0.3 is 24.8 Å². The van der Waals surface area contributed by atoms with Crippen LogP contribution in [0.25, 0.3) is 0 Å². The van der Waals surface area contributed by atoms with Crippen molar-refractivity contribution in [2.45, 2.75) is 12.5 Å². The van der Waals surface area contributed by atoms with Crippen LogP contribution in [0.5, 0.6) is 11.5 Å². The van der Waals surface area contributed by atoms with Crippen LogP contribution in [-0.4, -0.2) is 68.4 Å². The lowest BCUT2D eigenvalue weighted by Crippen LogP contribution is -2.33. The highest BCUT2D eigenvalue weighted by Crippen LogP contribution is 2.36. The number of aromatic hydroxyl groups is 1. The molecule has 2 heterocycles. The molecule has 1 aliphatic heterocycles. The highest BCUT2D eigenvalue weighted by molar-refractivity contribution is 8.14. The van der Waals surface area contributed by atoms with Crippen LogP contribution in [0.1, 0.15) is 12.6 Å². The molecule has 1 aliphatic rings. The Bertz CT molecular complexity index is 679. The number of carboxylic acid groups (broad SMARTS) is 2. The van der Waals surface area contributed by atoms with Crippen molar-refractivity contribution in [1.29, 1.82) is 0 Å². The first-order valence-electron chi connectivity index (χ1n) is 6.90. The first-order chi connectivity index (χ1) is 11.3. The van der Waals surface area contributed by atoms with Crippen molar-refractivity contribution in [3.63, 3.8) is 0 Å². The Labute approximate surface area is 141 Å². The molecule has 1 unspecified atom stereocenters. The summed E-state index contributed by atoms with van der Waals surface area (Å²) in [7, 11) is 0. The summed E-state index contributed by atoms with van der Waals surface area (Å²) in [6.07, 6.45) is 1.40. The van der Waals surface area contributed by atoms with Gasteiger partial charge in [-0.3, -0.25) is 4.99 Å². The molecule has 10 heteroatoms. The average Bonchev–Trinajstić information content (AvgIpc) is 2.92. The maximum atomic E-state index is 11.2. The van der Waals surface area contributed by atoms with Gasteiger partial charge in [-0.1, -0.05) is 0 Å². The van der Waals surface area contributed by atoms with E-state index in [1.807, 2.05) is 0 Å². The van der Waals surface area contributed by atoms with E-state index in [-0.39, 0.29) is 36.2 Å². The molecule has 130 valence electrons. The second kappa shape index (κ2) is 7.49. The van der Waals surface area contributed by atoms with E-state index < -0.39 is 24.1 Å². The maximum Gasteiger partial charge on any atom is 0.332 e. The molecule has 0 radical (unpaired) electrons. The zero-order valence-electron chi connectivity index (χ0n) is 12.8. The van der Waals surface area contributed by atoms with Gasteiger partial charge in [0.15, 0.2) is 17.0 Å². The molecule has 0 bridgehead atoms. The molecule has 0 saturated heterocycles. The number of hydrogen-bond donors (Lipinski definition) is 3. The fraction of sp³-hybridized carbons (Fsp3) is 0.429. The summed E-state index contributed by atoms with van der Waals surface area (Å²) in [5.41, 5.74) is -1.11. The standard InChI is InChI=1S/C14H16N2O7S/c1-14(13(20)21)7-24-12(16-14)10-11(19)8(2-3-15-10)23-5-4-22-6-9(17)18/h2-3,19H,4-7H2,1H3,(H,17,18)(H,20,21). The number of aliphatic imine (C=N–C) groups is 1. The second-order valence-electron chi connectivity index (χ2n) is 5.09. The molecule has 3 N–H and O–H groups in total. The topological polar surface area (TPSA) is 139 Å². The van der Waals surface area contributed by atoms with Gasteiger partial charge in [-0.15, -0.1) is 11.8 Å². The number of aromatic nitrogens is 1. The first-order valence-corrected chi connectivity index (χ1v) is 7.89. The summed E-state index contributed by atoms with van der Waals surface area (Å²) >= 11 is 1.19. The summed E-state index contributed by atoms with van der Waals surface area (Å²) < 4.78 is 10.2. The summed E-state index contributed by atoms with van der Waals surface area (Å²) in [5, 5.41) is 28.2. The summed E-state index contributed by atoms with van der Waals surface area (Å²) in [6.45, 7) is 1.14. The molecule has 24 heavy (non-hydrogen) atoms. The molecule has 1 aromatic rings. The summed E-state index contributed by atoms with van der Waals surface area (Å²) in [5.74, 6) is -2.01. The number of ether oxygens (including phenoxy) is 2. The van der Waals surface area contributed by atoms with Crippen molar-refractivity contribution in [1.82, 2.24) is 4.98 Å². The minimum Gasteiger partial charge on any atom is -0.503 e. The number of pyridine rings is 1. The largest absolute Gasteiger partial charge is 0.503 e. The summed E-state index contributed by atoms with van der Waals surface area (Å²) in [4.78, 5) is 29.7. The summed E-state index contributed by atoms with van der Waals surface area (Å²) in [6, 6.07) is 1.44. The van der Waals surface area contributed by atoms with E-state index in [1.54, 1.807) is 0 Å². The number of rotatable bonds is 8. The van der Waals surface area contributed by atoms with Gasteiger partial charge in [-0.05, 0) is 6.92 Å². The molecule has 0 spiro atoms. The van der Waals surface area contributed by atoms with Crippen molar-refractivity contribution in [2.24, 2.45) is 4.99 Å². The number of aliphatic carboxylic acids is 2. The Morgan fingerprint density at radius 1 is 1.38 bits per heavy atom. The average molecular weight is 356 g/mol. The fourth-order valence-corrected chi connectivity index (χ4v) is 2.97. The highest BCUT2D eigenvalue weighted by atomic mass is 32.2. The zero-order chi connectivity index (χ0) is 17.7. The molecule has 0 aliphatic carbocycles. The number of nitrogens with zero attached hydrogens (tertiary/aromatic N) is 2. The van der Waals surface area contributed by atoms with Gasteiger partial charge in [0.05, 0.1) is 6.61 Å². The lowest BCUT2D eigenvalue weighted by molar-refractivity contribution is -0.143. The van der Waals surface area contributed by atoms with Crippen molar-refractivity contribution < 1.29 is 34.4 Å². The predicted octanol–water partition coefficient (Wildman–Crippen LogP) is 0.604. The third kappa shape index (κ3) is 4.15. The third-order valence-electron chi connectivity index (χ3n) is 3.10. The van der Waals surface area contributed by atoms with Gasteiger partial charge in [0, 0.05) is 18.0 Å². The van der Waals surface area contributed by atoms with E-state index in [4.69, 9.17) is 14.6 Å². The van der Waals surface area contributed by atoms with Gasteiger partial charge in [0.1, 0.15) is 24.0 Å². The lowest BCUT2D eigenvalue weighted by atomic mass is 10.1. The smallest absolute Gasteiger partial charge is 0.332 e. The van der Waals surface area contributed by atoms with E-state index in [0.29, 0.717) is 5.04 Å². The van der Waals surface area contributed by atoms with Crippen LogP contribution < -0.4 is 4.74 Å². The molecule has 0 amide bonds. The van der Waals surface area contributed by atoms with Crippen LogP contribution in [0.3, 0.4) is 0 Å². The van der Waals surface area contributed by atoms with E-state index in [0.717, 1.165) is 0 Å². The third-order valence-corrected chi connectivity index (χ3v) is 4.36. The van der Waals surface area contributed by atoms with Crippen LogP contribution in [0, 0.1) is 0 Å². The van der Waals surface area contributed by atoms with E-state index in [2.05, 4.69) is 9.98 Å². The van der Waals surface area contributed by atoms with Crippen LogP contribution >= 0.6 is 11.8 Å². The van der Waals surface area contributed by atoms with Gasteiger partial charge in [-0.25, -0.2) is 14.6 Å². The monoisotopic (exact) mass is 356 g/mol. The lowest BCUT2D eigenvalue weighted by Gasteiger charge is -2.12. The predicted molar refractivity (Wildman–Crippen MR) is 84.9 cm³/mol. The van der Waals surface area contributed by atoms with Gasteiger partial charge >= 0.3 is 11.9 Å². The molecule has 0 saturated carbocycles. The van der Waals surface area contributed by atoms with Crippen LogP contribution in [0.15, 0.2) is 17.3 Å². The molecule has 0 aromatic carbocycles. The van der Waals surface area contributed by atoms with Crippen molar-refractivity contribution in [3.8, 4) is 11.5 Å². The zero-order valence-corrected chi connectivity index (χ0v) is 13.6. The second-order valence-corrected chi connectivity index (χ2v) is 6.05. The fourth-order valence-electron chi connectivity index (χ4n) is 1.81. The maximum absolute atomic E-state index is 11.2. The minimum absolute atomic E-state index is 0.0379. The van der Waals surface area contributed by atoms with Gasteiger partial charge in [0.25, 0.3) is 0 Å². The number of hydrogen-bond acceptors (Lipinski definition) is 8. The molecular weight excluding hydrogens is 340 g/mol. The molecule has 1 atom stereocenters. The van der Waals surface area contributed by atoms with E-state index in [9.17, 15) is 19.8 Å². The van der Waals surface area contributed by atoms with Gasteiger partial charge in [0.2, 0.25) is 0 Å². The van der Waals surface area contributed by atoms with E-state index in [1.165, 1.54) is 30.9 Å². The Morgan fingerprint density at radius 3 is 2.75 bits per heavy atom. The quantitative estimate of drug-likeness (QED) is 0.571. The Kier molecular flexibility index (Phi) is 5.62. The highest BCUT2D eigenvalue weighted by Gasteiger charge is 2.39. The van der Waals surface area contributed by atoms with Crippen molar-refractivity contribution in [3.05, 3.63) is 18.0 Å². The number of carboxylic acids is 2. The SMILES string of the molecule is CC1(C(=O)O)CSC(c2nccc(OCCOCC(=O)O)c2O)=N1. The van der Waals surface area contributed by atoms with Crippen LogP contribution in [-0.2, 0) is 14.3 Å².